The number of anilines is 1. The van der Waals surface area contributed by atoms with Crippen molar-refractivity contribution < 1.29 is 4.74 Å². The van der Waals surface area contributed by atoms with Gasteiger partial charge in [-0.05, 0) is 48.1 Å². The molecule has 0 aliphatic heterocycles. The van der Waals surface area contributed by atoms with Gasteiger partial charge >= 0.3 is 0 Å². The highest BCUT2D eigenvalue weighted by Crippen LogP contribution is 2.45. The van der Waals surface area contributed by atoms with Crippen LogP contribution in [-0.2, 0) is 0 Å². The maximum Gasteiger partial charge on any atom is 0.118 e. The largest absolute Gasteiger partial charge is 0.497 e. The molecule has 2 aromatic carbocycles. The van der Waals surface area contributed by atoms with Gasteiger partial charge in [-0.15, -0.1) is 6.42 Å². The highest BCUT2D eigenvalue weighted by atomic mass is 16.5. The summed E-state index contributed by atoms with van der Waals surface area (Å²) in [5, 5.41) is 9.50. The summed E-state index contributed by atoms with van der Waals surface area (Å²) in [4.78, 5) is 0. The van der Waals surface area contributed by atoms with Gasteiger partial charge in [0.15, 0.2) is 0 Å². The van der Waals surface area contributed by atoms with Crippen molar-refractivity contribution in [3.63, 3.8) is 0 Å². The minimum atomic E-state index is 0.417. The minimum absolute atomic E-state index is 0.417. The lowest BCUT2D eigenvalue weighted by molar-refractivity contribution is 0.415. The van der Waals surface area contributed by atoms with E-state index in [0.717, 1.165) is 35.3 Å². The molecule has 0 radical (unpaired) electrons. The Balaban J connectivity index is 2.22. The van der Waals surface area contributed by atoms with E-state index in [-0.39, 0.29) is 0 Å². The van der Waals surface area contributed by atoms with Gasteiger partial charge in [0.25, 0.3) is 0 Å². The van der Waals surface area contributed by atoms with E-state index in [1.54, 1.807) is 7.11 Å². The Morgan fingerprint density at radius 2 is 1.91 bits per heavy atom. The lowest BCUT2D eigenvalue weighted by Crippen LogP contribution is -2.02. The lowest BCUT2D eigenvalue weighted by Gasteiger charge is -2.14. The monoisotopic (exact) mass is 288 g/mol. The van der Waals surface area contributed by atoms with E-state index < -0.39 is 0 Å². The molecule has 0 spiro atoms. The maximum atomic E-state index is 9.50. The second kappa shape index (κ2) is 5.47. The number of hydrogen-bond acceptors (Lipinski definition) is 3. The molecule has 0 bridgehead atoms. The molecule has 108 valence electrons. The number of nitrogen functional groups attached to an aromatic ring is 1. The van der Waals surface area contributed by atoms with E-state index in [1.807, 2.05) is 30.3 Å². The van der Waals surface area contributed by atoms with Crippen molar-refractivity contribution in [3.05, 3.63) is 47.0 Å². The van der Waals surface area contributed by atoms with Crippen LogP contribution in [0, 0.1) is 23.7 Å². The maximum absolute atomic E-state index is 9.50. The number of nitriles is 1. The van der Waals surface area contributed by atoms with Gasteiger partial charge < -0.3 is 10.5 Å². The summed E-state index contributed by atoms with van der Waals surface area (Å²) in [5.41, 5.74) is 10.6. The third-order valence-electron chi connectivity index (χ3n) is 4.07. The van der Waals surface area contributed by atoms with Crippen molar-refractivity contribution in [2.75, 3.05) is 12.8 Å². The van der Waals surface area contributed by atoms with Crippen molar-refractivity contribution in [3.8, 4) is 35.3 Å². The molecular formula is C19H16N2O. The highest BCUT2D eigenvalue weighted by Gasteiger charge is 2.28. The number of methoxy groups -OCH3 is 1. The van der Waals surface area contributed by atoms with Gasteiger partial charge in [-0.1, -0.05) is 18.1 Å². The van der Waals surface area contributed by atoms with Gasteiger partial charge in [0.1, 0.15) is 11.8 Å². The molecule has 1 aliphatic rings. The van der Waals surface area contributed by atoms with Gasteiger partial charge in [0, 0.05) is 5.56 Å². The van der Waals surface area contributed by atoms with Crippen LogP contribution in [0.4, 0.5) is 5.69 Å². The van der Waals surface area contributed by atoms with E-state index >= 15 is 0 Å². The first-order valence-corrected chi connectivity index (χ1v) is 7.17. The van der Waals surface area contributed by atoms with Crippen molar-refractivity contribution in [2.45, 2.75) is 18.8 Å². The van der Waals surface area contributed by atoms with Gasteiger partial charge in [0.05, 0.1) is 23.9 Å². The number of hydrogen-bond donors (Lipinski definition) is 1. The minimum Gasteiger partial charge on any atom is -0.497 e. The Labute approximate surface area is 130 Å². The van der Waals surface area contributed by atoms with E-state index in [9.17, 15) is 5.26 Å². The predicted octanol–water partition coefficient (Wildman–Crippen LogP) is 3.67. The van der Waals surface area contributed by atoms with Crippen LogP contribution in [0.2, 0.25) is 0 Å². The summed E-state index contributed by atoms with van der Waals surface area (Å²) in [6.07, 6.45) is 7.87. The molecule has 3 heteroatoms. The molecule has 0 atom stereocenters. The first-order chi connectivity index (χ1) is 10.7. The SMILES string of the molecule is C#Cc1c(C2CC2)cc(-c2ccc(OC)cc2)c(C#N)c1N. The van der Waals surface area contributed by atoms with Gasteiger partial charge in [0.2, 0.25) is 0 Å². The summed E-state index contributed by atoms with van der Waals surface area (Å²) in [6, 6.07) is 11.8. The average molecular weight is 288 g/mol. The lowest BCUT2D eigenvalue weighted by atomic mass is 9.90. The Bertz CT molecular complexity index is 803. The number of nitrogens with two attached hydrogens (primary N) is 1. The normalized spacial score (nSPS) is 13.2. The molecule has 1 aliphatic carbocycles. The van der Waals surface area contributed by atoms with Gasteiger partial charge in [-0.3, -0.25) is 0 Å². The van der Waals surface area contributed by atoms with Crippen LogP contribution in [0.3, 0.4) is 0 Å². The number of nitrogens with zero attached hydrogens (tertiary/aromatic N) is 1. The Morgan fingerprint density at radius 1 is 1.23 bits per heavy atom. The van der Waals surface area contributed by atoms with E-state index in [0.29, 0.717) is 22.7 Å². The van der Waals surface area contributed by atoms with Crippen LogP contribution in [0.25, 0.3) is 11.1 Å². The summed E-state index contributed by atoms with van der Waals surface area (Å²) in [7, 11) is 1.63. The molecule has 1 saturated carbocycles. The van der Waals surface area contributed by atoms with Gasteiger partial charge in [-0.25, -0.2) is 0 Å². The second-order valence-electron chi connectivity index (χ2n) is 5.44. The predicted molar refractivity (Wildman–Crippen MR) is 87.5 cm³/mol. The fraction of sp³-hybridized carbons (Fsp3) is 0.211. The van der Waals surface area contributed by atoms with Crippen molar-refractivity contribution in [1.82, 2.24) is 0 Å². The second-order valence-corrected chi connectivity index (χ2v) is 5.44. The van der Waals surface area contributed by atoms with Crippen LogP contribution < -0.4 is 10.5 Å². The summed E-state index contributed by atoms with van der Waals surface area (Å²) >= 11 is 0. The van der Waals surface area contributed by atoms with Crippen molar-refractivity contribution in [2.24, 2.45) is 0 Å². The molecule has 22 heavy (non-hydrogen) atoms. The fourth-order valence-corrected chi connectivity index (χ4v) is 2.72. The number of rotatable bonds is 3. The number of terminal acetylenes is 1. The molecule has 0 aromatic heterocycles. The molecule has 3 rings (SSSR count). The molecule has 0 unspecified atom stereocenters. The molecule has 2 N–H and O–H groups in total. The number of benzene rings is 2. The molecule has 0 heterocycles. The Morgan fingerprint density at radius 3 is 2.41 bits per heavy atom. The topological polar surface area (TPSA) is 59.0 Å². The van der Waals surface area contributed by atoms with E-state index in [1.165, 1.54) is 0 Å². The zero-order chi connectivity index (χ0) is 15.7. The zero-order valence-electron chi connectivity index (χ0n) is 12.4. The first kappa shape index (κ1) is 14.0. The van der Waals surface area contributed by atoms with E-state index in [2.05, 4.69) is 12.0 Å². The Hall–Kier alpha value is -2.91. The van der Waals surface area contributed by atoms with Gasteiger partial charge in [-0.2, -0.15) is 5.26 Å². The summed E-state index contributed by atoms with van der Waals surface area (Å²) < 4.78 is 5.18. The Kier molecular flexibility index (Phi) is 3.49. The first-order valence-electron chi connectivity index (χ1n) is 7.17. The zero-order valence-corrected chi connectivity index (χ0v) is 12.4. The molecule has 2 aromatic rings. The van der Waals surface area contributed by atoms with Crippen LogP contribution in [0.1, 0.15) is 35.4 Å². The molecule has 0 saturated heterocycles. The molecular weight excluding hydrogens is 272 g/mol. The quantitative estimate of drug-likeness (QED) is 0.692. The van der Waals surface area contributed by atoms with Crippen LogP contribution in [0.15, 0.2) is 30.3 Å². The van der Waals surface area contributed by atoms with Crippen molar-refractivity contribution in [1.29, 1.82) is 5.26 Å². The van der Waals surface area contributed by atoms with Crippen LogP contribution >= 0.6 is 0 Å². The average Bonchev–Trinajstić information content (AvgIpc) is 3.39. The van der Waals surface area contributed by atoms with Crippen LogP contribution in [-0.4, -0.2) is 7.11 Å². The highest BCUT2D eigenvalue weighted by molar-refractivity contribution is 5.82. The third kappa shape index (κ3) is 2.28. The molecule has 0 amide bonds. The summed E-state index contributed by atoms with van der Waals surface area (Å²) in [5.74, 6) is 3.91. The van der Waals surface area contributed by atoms with E-state index in [4.69, 9.17) is 16.9 Å². The third-order valence-corrected chi connectivity index (χ3v) is 4.07. The molecule has 1 fully saturated rings. The van der Waals surface area contributed by atoms with Crippen molar-refractivity contribution >= 4 is 5.69 Å². The molecule has 3 nitrogen and oxygen atoms in total. The smallest absolute Gasteiger partial charge is 0.118 e. The van der Waals surface area contributed by atoms with Crippen LogP contribution in [0.5, 0.6) is 5.75 Å². The standard InChI is InChI=1S/C19H16N2O/c1-3-15-16(12-4-5-12)10-17(18(11-20)19(15)21)13-6-8-14(22-2)9-7-13/h1,6-10,12H,4-5,21H2,2H3. The number of ether oxygens (including phenoxy) is 1. The fourth-order valence-electron chi connectivity index (χ4n) is 2.72. The summed E-state index contributed by atoms with van der Waals surface area (Å²) in [6.45, 7) is 0.